The predicted octanol–water partition coefficient (Wildman–Crippen LogP) is 3.40. The molecule has 212 valence electrons. The van der Waals surface area contributed by atoms with Crippen molar-refractivity contribution in [2.45, 2.75) is 58.5 Å². The summed E-state index contributed by atoms with van der Waals surface area (Å²) >= 11 is 0. The molecule has 1 aromatic carbocycles. The fourth-order valence-electron chi connectivity index (χ4n) is 3.30. The molecule has 1 aromatic heterocycles. The molecule has 0 radical (unpaired) electrons. The fraction of sp³-hybridized carbons (Fsp3) is 0.407. The number of hydroxylamine groups is 2. The van der Waals surface area contributed by atoms with Crippen molar-refractivity contribution >= 4 is 29.5 Å². The van der Waals surface area contributed by atoms with E-state index in [-0.39, 0.29) is 30.6 Å². The number of nitrogen functional groups attached to an aromatic ring is 2. The van der Waals surface area contributed by atoms with E-state index < -0.39 is 0 Å². The number of amides is 1. The molecule has 0 atom stereocenters. The summed E-state index contributed by atoms with van der Waals surface area (Å²) in [7, 11) is 1.50. The fourth-order valence-corrected chi connectivity index (χ4v) is 3.30. The molecule has 12 heteroatoms. The van der Waals surface area contributed by atoms with Crippen molar-refractivity contribution in [1.82, 2.24) is 20.3 Å². The minimum atomic E-state index is -0.280. The summed E-state index contributed by atoms with van der Waals surface area (Å²) < 4.78 is 5.59. The third-order valence-corrected chi connectivity index (χ3v) is 5.61. The Bertz CT molecular complexity index is 1110. The normalized spacial score (nSPS) is 10.3. The monoisotopic (exact) mass is 540 g/mol. The molecule has 0 fully saturated rings. The van der Waals surface area contributed by atoms with Crippen LogP contribution in [0.15, 0.2) is 48.9 Å². The molecule has 0 saturated heterocycles. The predicted molar refractivity (Wildman–Crippen MR) is 152 cm³/mol. The van der Waals surface area contributed by atoms with Crippen molar-refractivity contribution in [3.05, 3.63) is 60.0 Å². The summed E-state index contributed by atoms with van der Waals surface area (Å²) in [6.07, 6.45) is 3.96. The Kier molecular flexibility index (Phi) is 13.1. The quantitative estimate of drug-likeness (QED) is 0.0582. The lowest BCUT2D eigenvalue weighted by molar-refractivity contribution is -0.166. The zero-order chi connectivity index (χ0) is 28.6. The van der Waals surface area contributed by atoms with Crippen molar-refractivity contribution in [2.75, 3.05) is 30.1 Å². The van der Waals surface area contributed by atoms with Gasteiger partial charge in [0.1, 0.15) is 17.7 Å². The number of anilines is 3. The van der Waals surface area contributed by atoms with Crippen molar-refractivity contribution in [1.29, 1.82) is 0 Å². The van der Waals surface area contributed by atoms with Crippen LogP contribution in [0, 0.1) is 0 Å². The van der Waals surface area contributed by atoms with Crippen molar-refractivity contribution in [2.24, 2.45) is 5.84 Å². The maximum atomic E-state index is 11.8. The highest BCUT2D eigenvalue weighted by atomic mass is 16.7. The number of carbonyl (C=O) groups is 2. The number of nitrogens with zero attached hydrogens (tertiary/aromatic N) is 3. The van der Waals surface area contributed by atoms with Crippen LogP contribution in [0.4, 0.5) is 17.3 Å². The first-order valence-corrected chi connectivity index (χ1v) is 12.8. The van der Waals surface area contributed by atoms with Crippen LogP contribution in [0.2, 0.25) is 0 Å². The first-order chi connectivity index (χ1) is 18.8. The number of ether oxygens (including phenoxy) is 1. The van der Waals surface area contributed by atoms with Crippen LogP contribution in [0.1, 0.15) is 56.6 Å². The molecule has 39 heavy (non-hydrogen) atoms. The molecule has 1 amide bonds. The van der Waals surface area contributed by atoms with Gasteiger partial charge in [-0.3, -0.25) is 10.6 Å². The Hall–Kier alpha value is -4.32. The molecule has 0 unspecified atom stereocenters. The molecule has 0 aliphatic rings. The Morgan fingerprint density at radius 2 is 1.79 bits per heavy atom. The molecule has 1 heterocycles. The van der Waals surface area contributed by atoms with Gasteiger partial charge < -0.3 is 36.2 Å². The van der Waals surface area contributed by atoms with E-state index in [0.29, 0.717) is 56.1 Å². The number of rotatable bonds is 19. The average molecular weight is 541 g/mol. The smallest absolute Gasteiger partial charge is 0.320 e. The van der Waals surface area contributed by atoms with Crippen molar-refractivity contribution in [3.8, 4) is 6.01 Å². The van der Waals surface area contributed by atoms with E-state index >= 15 is 0 Å². The van der Waals surface area contributed by atoms with E-state index in [4.69, 9.17) is 21.2 Å². The third-order valence-electron chi connectivity index (χ3n) is 5.61. The Labute approximate surface area is 229 Å². The van der Waals surface area contributed by atoms with E-state index in [9.17, 15) is 9.59 Å². The van der Waals surface area contributed by atoms with Gasteiger partial charge in [0.2, 0.25) is 0 Å². The summed E-state index contributed by atoms with van der Waals surface area (Å²) in [6.45, 7) is 11.6. The zero-order valence-corrected chi connectivity index (χ0v) is 22.8. The lowest BCUT2D eigenvalue weighted by Crippen LogP contribution is -2.26. The number of carbonyl (C=O) groups excluding carboxylic acids is 2. The van der Waals surface area contributed by atoms with E-state index in [0.717, 1.165) is 34.7 Å². The number of hydrogen-bond acceptors (Lipinski definition) is 11. The first-order valence-electron chi connectivity index (χ1n) is 12.8. The molecule has 0 aliphatic heterocycles. The standard InChI is InChI=1S/C27H40N8O4/c1-5-6-16-38-27-32-25(28)24(34-29)26(33-27)31-18-22-13-11-21(12-14-22)17-30-19(2)9-10-20(3)39-35(4)23(37)8-7-15-36/h11-15,30,34H,2-3,5-10,16-18,29H2,1,4H3,(H3,28,31,32,33). The largest absolute Gasteiger partial charge is 0.463 e. The molecule has 2 aromatic rings. The maximum absolute atomic E-state index is 11.8. The number of aromatic nitrogens is 2. The highest BCUT2D eigenvalue weighted by Crippen LogP contribution is 2.27. The first kappa shape index (κ1) is 30.9. The van der Waals surface area contributed by atoms with Gasteiger partial charge in [-0.15, -0.1) is 0 Å². The third kappa shape index (κ3) is 10.9. The number of nitrogens with one attached hydrogen (secondary N) is 3. The molecule has 0 bridgehead atoms. The molecular formula is C27H40N8O4. The Morgan fingerprint density at radius 3 is 2.44 bits per heavy atom. The van der Waals surface area contributed by atoms with Crippen molar-refractivity contribution < 1.29 is 19.2 Å². The molecule has 0 aliphatic carbocycles. The van der Waals surface area contributed by atoms with Crippen LogP contribution < -0.4 is 32.4 Å². The highest BCUT2D eigenvalue weighted by Gasteiger charge is 2.13. The van der Waals surface area contributed by atoms with E-state index in [1.165, 1.54) is 7.05 Å². The maximum Gasteiger partial charge on any atom is 0.320 e. The average Bonchev–Trinajstić information content (AvgIpc) is 2.93. The second-order valence-corrected chi connectivity index (χ2v) is 8.82. The Balaban J connectivity index is 1.80. The zero-order valence-electron chi connectivity index (χ0n) is 22.8. The highest BCUT2D eigenvalue weighted by molar-refractivity contribution is 5.77. The molecule has 12 nitrogen and oxygen atoms in total. The second-order valence-electron chi connectivity index (χ2n) is 8.82. The summed E-state index contributed by atoms with van der Waals surface area (Å²) in [5.41, 5.74) is 11.9. The van der Waals surface area contributed by atoms with Crippen molar-refractivity contribution in [3.63, 3.8) is 0 Å². The molecule has 7 N–H and O–H groups in total. The second kappa shape index (κ2) is 16.5. The molecule has 0 saturated carbocycles. The SMILES string of the molecule is C=C(CCC(=C)ON(C)C(=O)CCC=O)NCc1ccc(CNc2nc(OCCCC)nc(N)c2NN)cc1. The lowest BCUT2D eigenvalue weighted by atomic mass is 10.1. The minimum Gasteiger partial charge on any atom is -0.463 e. The van der Waals surface area contributed by atoms with E-state index in [2.05, 4.69) is 46.1 Å². The van der Waals surface area contributed by atoms with Crippen LogP contribution in [-0.2, 0) is 27.5 Å². The topological polar surface area (TPSA) is 170 Å². The van der Waals surface area contributed by atoms with Gasteiger partial charge in [-0.1, -0.05) is 50.8 Å². The number of allylic oxidation sites excluding steroid dienone is 2. The van der Waals surface area contributed by atoms with Gasteiger partial charge in [-0.05, 0) is 24.0 Å². The van der Waals surface area contributed by atoms with Crippen LogP contribution in [-0.4, -0.2) is 40.9 Å². The van der Waals surface area contributed by atoms with E-state index in [1.807, 2.05) is 24.3 Å². The summed E-state index contributed by atoms with van der Waals surface area (Å²) in [6, 6.07) is 8.27. The van der Waals surface area contributed by atoms with Crippen LogP contribution in [0.25, 0.3) is 0 Å². The molecule has 2 rings (SSSR count). The number of unbranched alkanes of at least 4 members (excludes halogenated alkanes) is 1. The summed E-state index contributed by atoms with van der Waals surface area (Å²) in [5, 5.41) is 7.63. The number of hydrogen-bond donors (Lipinski definition) is 5. The van der Waals surface area contributed by atoms with Gasteiger partial charge in [-0.25, -0.2) is 0 Å². The van der Waals surface area contributed by atoms with Crippen LogP contribution >= 0.6 is 0 Å². The van der Waals surface area contributed by atoms with Gasteiger partial charge in [-0.2, -0.15) is 15.0 Å². The molecular weight excluding hydrogens is 500 g/mol. The number of aldehydes is 1. The minimum absolute atomic E-state index is 0.104. The van der Waals surface area contributed by atoms with E-state index in [1.54, 1.807) is 0 Å². The lowest BCUT2D eigenvalue weighted by Gasteiger charge is -2.19. The number of nitrogens with two attached hydrogens (primary N) is 2. The summed E-state index contributed by atoms with van der Waals surface area (Å²) in [5.74, 6) is 6.43. The van der Waals surface area contributed by atoms with Gasteiger partial charge in [0, 0.05) is 45.1 Å². The van der Waals surface area contributed by atoms with Crippen LogP contribution in [0.5, 0.6) is 6.01 Å². The number of hydrazine groups is 1. The van der Waals surface area contributed by atoms with Gasteiger partial charge in [0.05, 0.1) is 6.61 Å². The van der Waals surface area contributed by atoms with Gasteiger partial charge >= 0.3 is 6.01 Å². The van der Waals surface area contributed by atoms with Crippen LogP contribution in [0.3, 0.4) is 0 Å². The van der Waals surface area contributed by atoms with Gasteiger partial charge in [0.15, 0.2) is 11.6 Å². The Morgan fingerprint density at radius 1 is 1.10 bits per heavy atom. The van der Waals surface area contributed by atoms with Gasteiger partial charge in [0.25, 0.3) is 5.91 Å². The molecule has 0 spiro atoms. The number of benzene rings is 1. The summed E-state index contributed by atoms with van der Waals surface area (Å²) in [4.78, 5) is 36.2.